The van der Waals surface area contributed by atoms with Gasteiger partial charge < -0.3 is 14.9 Å². The number of H-pyrrole nitrogens is 1. The molecular weight excluding hydrogens is 361 g/mol. The zero-order valence-electron chi connectivity index (χ0n) is 14.9. The fourth-order valence-electron chi connectivity index (χ4n) is 3.08. The van der Waals surface area contributed by atoms with E-state index in [-0.39, 0.29) is 17.2 Å². The van der Waals surface area contributed by atoms with E-state index in [4.69, 9.17) is 4.74 Å². The minimum atomic E-state index is -0.380. The van der Waals surface area contributed by atoms with Gasteiger partial charge in [0.05, 0.1) is 12.7 Å². The molecule has 7 heteroatoms. The summed E-state index contributed by atoms with van der Waals surface area (Å²) in [6.45, 7) is 0. The number of nitrogens with one attached hydrogen (secondary N) is 1. The van der Waals surface area contributed by atoms with Gasteiger partial charge in [0.1, 0.15) is 23.0 Å². The van der Waals surface area contributed by atoms with Crippen LogP contribution in [0.1, 0.15) is 0 Å². The molecule has 0 bridgehead atoms. The molecule has 2 aromatic heterocycles. The van der Waals surface area contributed by atoms with Gasteiger partial charge >= 0.3 is 0 Å². The van der Waals surface area contributed by atoms with E-state index in [0.29, 0.717) is 33.8 Å². The summed E-state index contributed by atoms with van der Waals surface area (Å²) < 4.78 is 19.7. The highest BCUT2D eigenvalue weighted by atomic mass is 19.1. The van der Waals surface area contributed by atoms with Crippen molar-refractivity contribution in [1.82, 2.24) is 14.7 Å². The van der Waals surface area contributed by atoms with Crippen LogP contribution < -0.4 is 10.3 Å². The van der Waals surface area contributed by atoms with Gasteiger partial charge in [0.25, 0.3) is 0 Å². The van der Waals surface area contributed by atoms with E-state index in [1.165, 1.54) is 31.5 Å². The summed E-state index contributed by atoms with van der Waals surface area (Å²) in [6, 6.07) is 15.9. The average Bonchev–Trinajstić information content (AvgIpc) is 3.05. The number of aromatic nitrogens is 3. The Morgan fingerprint density at radius 3 is 2.54 bits per heavy atom. The second-order valence-corrected chi connectivity index (χ2v) is 6.09. The fourth-order valence-corrected chi connectivity index (χ4v) is 3.08. The molecule has 0 spiro atoms. The van der Waals surface area contributed by atoms with Crippen molar-refractivity contribution in [2.45, 2.75) is 0 Å². The molecule has 0 saturated heterocycles. The van der Waals surface area contributed by atoms with Crippen LogP contribution in [0.5, 0.6) is 5.75 Å². The Bertz CT molecular complexity index is 1200. The van der Waals surface area contributed by atoms with Gasteiger partial charge in [-0.25, -0.2) is 9.37 Å². The zero-order chi connectivity index (χ0) is 19.7. The van der Waals surface area contributed by atoms with Gasteiger partial charge in [-0.1, -0.05) is 12.1 Å². The Morgan fingerprint density at radius 2 is 1.82 bits per heavy atom. The molecule has 0 atom stereocenters. The minimum absolute atomic E-state index is 0.243. The molecular formula is C21H16FN3O3. The van der Waals surface area contributed by atoms with Crippen molar-refractivity contribution in [1.29, 1.82) is 0 Å². The van der Waals surface area contributed by atoms with Gasteiger partial charge in [-0.3, -0.25) is 4.79 Å². The molecule has 4 aromatic rings. The van der Waals surface area contributed by atoms with Crippen molar-refractivity contribution in [3.8, 4) is 39.7 Å². The van der Waals surface area contributed by atoms with Crippen LogP contribution in [0.15, 0.2) is 71.7 Å². The molecule has 2 N–H and O–H groups in total. The number of nitrogens with zero attached hydrogens (tertiary/aromatic N) is 2. The van der Waals surface area contributed by atoms with Crippen molar-refractivity contribution < 1.29 is 14.3 Å². The Hall–Kier alpha value is -3.87. The Kier molecular flexibility index (Phi) is 4.41. The first-order valence-electron chi connectivity index (χ1n) is 8.49. The third kappa shape index (κ3) is 3.03. The highest BCUT2D eigenvalue weighted by Crippen LogP contribution is 2.37. The highest BCUT2D eigenvalue weighted by Gasteiger charge is 2.23. The maximum absolute atomic E-state index is 13.4. The molecule has 28 heavy (non-hydrogen) atoms. The lowest BCUT2D eigenvalue weighted by Gasteiger charge is -2.08. The van der Waals surface area contributed by atoms with Gasteiger partial charge in [0.15, 0.2) is 5.82 Å². The molecule has 0 aliphatic carbocycles. The summed E-state index contributed by atoms with van der Waals surface area (Å²) in [5, 5.41) is 11.0. The summed E-state index contributed by atoms with van der Waals surface area (Å²) in [5.74, 6) is 0.396. The molecule has 0 amide bonds. The second kappa shape index (κ2) is 7.03. The van der Waals surface area contributed by atoms with Crippen LogP contribution in [0, 0.1) is 5.82 Å². The van der Waals surface area contributed by atoms with Crippen molar-refractivity contribution >= 4 is 0 Å². The predicted octanol–water partition coefficient (Wildman–Crippen LogP) is 3.96. The van der Waals surface area contributed by atoms with E-state index in [1.807, 2.05) is 6.07 Å². The number of hydrogen-bond donors (Lipinski definition) is 2. The molecule has 140 valence electrons. The Labute approximate surface area is 159 Å². The van der Waals surface area contributed by atoms with Crippen molar-refractivity contribution in [3.63, 3.8) is 0 Å². The molecule has 0 aliphatic heterocycles. The van der Waals surface area contributed by atoms with Gasteiger partial charge in [0.2, 0.25) is 5.56 Å². The van der Waals surface area contributed by atoms with E-state index in [9.17, 15) is 14.4 Å². The maximum Gasteiger partial charge on any atom is 0.248 e. The summed E-state index contributed by atoms with van der Waals surface area (Å²) >= 11 is 0. The molecule has 0 radical (unpaired) electrons. The standard InChI is InChI=1S/C21H16FN3O3/c1-28-17-5-3-2-4-16(17)21-24-19(13-6-8-15(22)9-7-13)20(25(21)27)14-10-11-23-18(26)12-14/h2-12,27H,1H3,(H,23,26). The monoisotopic (exact) mass is 377 g/mol. The first kappa shape index (κ1) is 17.5. The number of rotatable bonds is 4. The van der Waals surface area contributed by atoms with Crippen LogP contribution in [0.25, 0.3) is 33.9 Å². The average molecular weight is 377 g/mol. The Morgan fingerprint density at radius 1 is 1.07 bits per heavy atom. The fraction of sp³-hybridized carbons (Fsp3) is 0.0476. The van der Waals surface area contributed by atoms with Gasteiger partial charge in [-0.2, -0.15) is 4.73 Å². The van der Waals surface area contributed by atoms with E-state index in [0.717, 1.165) is 4.73 Å². The topological polar surface area (TPSA) is 80.1 Å². The normalized spacial score (nSPS) is 10.8. The molecule has 0 unspecified atom stereocenters. The molecule has 2 aromatic carbocycles. The second-order valence-electron chi connectivity index (χ2n) is 6.09. The molecule has 4 rings (SSSR count). The largest absolute Gasteiger partial charge is 0.496 e. The lowest BCUT2D eigenvalue weighted by atomic mass is 10.1. The molecule has 6 nitrogen and oxygen atoms in total. The SMILES string of the molecule is COc1ccccc1-c1nc(-c2ccc(F)cc2)c(-c2cc[nH]c(=O)c2)n1O. The van der Waals surface area contributed by atoms with Crippen LogP contribution in [0.2, 0.25) is 0 Å². The van der Waals surface area contributed by atoms with Crippen LogP contribution in [0.4, 0.5) is 4.39 Å². The van der Waals surface area contributed by atoms with Gasteiger partial charge in [-0.15, -0.1) is 0 Å². The third-order valence-corrected chi connectivity index (χ3v) is 4.37. The van der Waals surface area contributed by atoms with Crippen LogP contribution in [0.3, 0.4) is 0 Å². The maximum atomic E-state index is 13.4. The number of hydrogen-bond acceptors (Lipinski definition) is 4. The molecule has 2 heterocycles. The van der Waals surface area contributed by atoms with Gasteiger partial charge in [0, 0.05) is 23.4 Å². The first-order chi connectivity index (χ1) is 13.6. The van der Waals surface area contributed by atoms with Crippen LogP contribution >= 0.6 is 0 Å². The summed E-state index contributed by atoms with van der Waals surface area (Å²) in [5.41, 5.74) is 2.06. The molecule has 0 fully saturated rings. The number of methoxy groups -OCH3 is 1. The van der Waals surface area contributed by atoms with Crippen molar-refractivity contribution in [3.05, 3.63) is 83.0 Å². The van der Waals surface area contributed by atoms with E-state index in [1.54, 1.807) is 36.4 Å². The number of halogens is 1. The number of benzene rings is 2. The quantitative estimate of drug-likeness (QED) is 0.528. The van der Waals surface area contributed by atoms with Crippen LogP contribution in [-0.4, -0.2) is 27.0 Å². The lowest BCUT2D eigenvalue weighted by molar-refractivity contribution is 0.195. The van der Waals surface area contributed by atoms with Gasteiger partial charge in [-0.05, 0) is 42.5 Å². The summed E-state index contributed by atoms with van der Waals surface area (Å²) in [6.07, 6.45) is 1.49. The number of para-hydroxylation sites is 1. The first-order valence-corrected chi connectivity index (χ1v) is 8.49. The molecule has 0 aliphatic rings. The van der Waals surface area contributed by atoms with E-state index >= 15 is 0 Å². The summed E-state index contributed by atoms with van der Waals surface area (Å²) in [7, 11) is 1.53. The van der Waals surface area contributed by atoms with Crippen molar-refractivity contribution in [2.24, 2.45) is 0 Å². The molecule has 0 saturated carbocycles. The minimum Gasteiger partial charge on any atom is -0.496 e. The van der Waals surface area contributed by atoms with Crippen LogP contribution in [-0.2, 0) is 0 Å². The third-order valence-electron chi connectivity index (χ3n) is 4.37. The number of imidazole rings is 1. The number of ether oxygens (including phenoxy) is 1. The van der Waals surface area contributed by atoms with E-state index < -0.39 is 0 Å². The summed E-state index contributed by atoms with van der Waals surface area (Å²) in [4.78, 5) is 18.9. The highest BCUT2D eigenvalue weighted by molar-refractivity contribution is 5.82. The Balaban J connectivity index is 2.01. The predicted molar refractivity (Wildman–Crippen MR) is 103 cm³/mol. The zero-order valence-corrected chi connectivity index (χ0v) is 14.9. The van der Waals surface area contributed by atoms with E-state index in [2.05, 4.69) is 9.97 Å². The lowest BCUT2D eigenvalue weighted by Crippen LogP contribution is -2.05. The number of aromatic amines is 1. The van der Waals surface area contributed by atoms with Crippen molar-refractivity contribution in [2.75, 3.05) is 7.11 Å². The number of pyridine rings is 1. The smallest absolute Gasteiger partial charge is 0.248 e.